The summed E-state index contributed by atoms with van der Waals surface area (Å²) in [5.74, 6) is -0.593. The molecule has 1 fully saturated rings. The molecule has 0 spiro atoms. The molecule has 0 unspecified atom stereocenters. The molecule has 2 N–H and O–H groups in total. The van der Waals surface area contributed by atoms with Crippen molar-refractivity contribution in [3.63, 3.8) is 0 Å². The van der Waals surface area contributed by atoms with Gasteiger partial charge in [0.05, 0.1) is 0 Å². The van der Waals surface area contributed by atoms with Crippen LogP contribution in [0.15, 0.2) is 0 Å². The first kappa shape index (κ1) is 14.9. The summed E-state index contributed by atoms with van der Waals surface area (Å²) >= 11 is 1.44. The van der Waals surface area contributed by atoms with Crippen LogP contribution >= 0.6 is 11.3 Å². The van der Waals surface area contributed by atoms with E-state index in [-0.39, 0.29) is 18.7 Å². The van der Waals surface area contributed by atoms with Crippen LogP contribution in [0.3, 0.4) is 0 Å². The van der Waals surface area contributed by atoms with Gasteiger partial charge in [-0.1, -0.05) is 30.6 Å². The maximum absolute atomic E-state index is 11.6. The number of carbonyl (C=O) groups excluding carboxylic acids is 1. The Morgan fingerprint density at radius 1 is 1.20 bits per heavy atom. The Hall–Kier alpha value is -1.50. The average molecular weight is 297 g/mol. The van der Waals surface area contributed by atoms with E-state index in [1.54, 1.807) is 0 Å². The first-order valence-electron chi connectivity index (χ1n) is 7.00. The molecule has 0 saturated heterocycles. The summed E-state index contributed by atoms with van der Waals surface area (Å²) in [7, 11) is 0. The lowest BCUT2D eigenvalue weighted by Crippen LogP contribution is -2.11. The molecule has 6 nitrogen and oxygen atoms in total. The lowest BCUT2D eigenvalue weighted by Gasteiger charge is -2.18. The molecule has 1 saturated carbocycles. The summed E-state index contributed by atoms with van der Waals surface area (Å²) in [5.41, 5.74) is 0. The average Bonchev–Trinajstić information content (AvgIpc) is 2.88. The van der Waals surface area contributed by atoms with Gasteiger partial charge >= 0.3 is 5.97 Å². The number of hydrogen-bond acceptors (Lipinski definition) is 5. The fourth-order valence-electron chi connectivity index (χ4n) is 2.38. The molecular formula is C13H19N3O3S. The Morgan fingerprint density at radius 3 is 2.65 bits per heavy atom. The molecular weight excluding hydrogens is 278 g/mol. The van der Waals surface area contributed by atoms with Crippen molar-refractivity contribution in [2.75, 3.05) is 5.32 Å². The Morgan fingerprint density at radius 2 is 1.95 bits per heavy atom. The highest BCUT2D eigenvalue weighted by Crippen LogP contribution is 2.35. The molecule has 20 heavy (non-hydrogen) atoms. The molecule has 0 bridgehead atoms. The van der Waals surface area contributed by atoms with Gasteiger partial charge in [0.2, 0.25) is 11.0 Å². The van der Waals surface area contributed by atoms with Crippen molar-refractivity contribution in [1.82, 2.24) is 10.2 Å². The molecule has 7 heteroatoms. The van der Waals surface area contributed by atoms with Crippen molar-refractivity contribution in [3.05, 3.63) is 5.01 Å². The van der Waals surface area contributed by atoms with Crippen LogP contribution in [-0.2, 0) is 9.59 Å². The van der Waals surface area contributed by atoms with Crippen LogP contribution < -0.4 is 5.32 Å². The van der Waals surface area contributed by atoms with Crippen LogP contribution in [0.1, 0.15) is 62.3 Å². The van der Waals surface area contributed by atoms with Gasteiger partial charge in [-0.2, -0.15) is 0 Å². The fraction of sp³-hybridized carbons (Fsp3) is 0.692. The molecule has 2 rings (SSSR count). The molecule has 0 aliphatic heterocycles. The lowest BCUT2D eigenvalue weighted by molar-refractivity contribution is -0.137. The van der Waals surface area contributed by atoms with Crippen molar-refractivity contribution in [1.29, 1.82) is 0 Å². The highest BCUT2D eigenvalue weighted by Gasteiger charge is 2.20. The fourth-order valence-corrected chi connectivity index (χ4v) is 3.31. The van der Waals surface area contributed by atoms with Gasteiger partial charge in [-0.25, -0.2) is 0 Å². The van der Waals surface area contributed by atoms with Gasteiger partial charge in [-0.05, 0) is 19.3 Å². The van der Waals surface area contributed by atoms with Crippen molar-refractivity contribution >= 4 is 28.3 Å². The van der Waals surface area contributed by atoms with Gasteiger partial charge in [0.15, 0.2) is 0 Å². The topological polar surface area (TPSA) is 92.2 Å². The van der Waals surface area contributed by atoms with E-state index >= 15 is 0 Å². The highest BCUT2D eigenvalue weighted by atomic mass is 32.1. The Labute approximate surface area is 121 Å². The third kappa shape index (κ3) is 4.56. The smallest absolute Gasteiger partial charge is 0.303 e. The number of rotatable bonds is 6. The zero-order chi connectivity index (χ0) is 14.4. The number of nitrogens with one attached hydrogen (secondary N) is 1. The molecule has 1 aliphatic carbocycles. The van der Waals surface area contributed by atoms with E-state index < -0.39 is 5.97 Å². The monoisotopic (exact) mass is 297 g/mol. The van der Waals surface area contributed by atoms with E-state index in [0.717, 1.165) is 17.8 Å². The SMILES string of the molecule is O=C(O)CCCC(=O)Nc1nnc(C2CCCCC2)s1. The summed E-state index contributed by atoms with van der Waals surface area (Å²) in [5, 5.41) is 20.9. The number of carbonyl (C=O) groups is 2. The predicted octanol–water partition coefficient (Wildman–Crippen LogP) is 2.78. The van der Waals surface area contributed by atoms with E-state index in [0.29, 0.717) is 17.5 Å². The van der Waals surface area contributed by atoms with Gasteiger partial charge in [0.1, 0.15) is 5.01 Å². The number of hydrogen-bond donors (Lipinski definition) is 2. The minimum atomic E-state index is -0.881. The van der Waals surface area contributed by atoms with E-state index in [2.05, 4.69) is 15.5 Å². The van der Waals surface area contributed by atoms with Gasteiger partial charge in [-0.3, -0.25) is 9.59 Å². The van der Waals surface area contributed by atoms with Gasteiger partial charge in [0, 0.05) is 18.8 Å². The lowest BCUT2D eigenvalue weighted by atomic mass is 9.90. The molecule has 110 valence electrons. The number of amides is 1. The van der Waals surface area contributed by atoms with Crippen molar-refractivity contribution < 1.29 is 14.7 Å². The van der Waals surface area contributed by atoms with E-state index in [4.69, 9.17) is 5.11 Å². The molecule has 1 aromatic heterocycles. The van der Waals surface area contributed by atoms with Crippen LogP contribution in [0.2, 0.25) is 0 Å². The summed E-state index contributed by atoms with van der Waals surface area (Å²) in [6, 6.07) is 0. The van der Waals surface area contributed by atoms with Crippen LogP contribution in [0.4, 0.5) is 5.13 Å². The molecule has 0 aromatic carbocycles. The number of aliphatic carboxylic acids is 1. The summed E-state index contributed by atoms with van der Waals surface area (Å²) < 4.78 is 0. The predicted molar refractivity (Wildman–Crippen MR) is 75.9 cm³/mol. The zero-order valence-corrected chi connectivity index (χ0v) is 12.1. The molecule has 1 aromatic rings. The first-order valence-corrected chi connectivity index (χ1v) is 7.82. The number of carboxylic acid groups (broad SMARTS) is 1. The minimum absolute atomic E-state index is 0.0108. The van der Waals surface area contributed by atoms with Crippen LogP contribution in [0, 0.1) is 0 Å². The maximum Gasteiger partial charge on any atom is 0.303 e. The van der Waals surface area contributed by atoms with Crippen LogP contribution in [-0.4, -0.2) is 27.2 Å². The number of carboxylic acids is 1. The largest absolute Gasteiger partial charge is 0.481 e. The van der Waals surface area contributed by atoms with Gasteiger partial charge in [0.25, 0.3) is 0 Å². The maximum atomic E-state index is 11.6. The minimum Gasteiger partial charge on any atom is -0.481 e. The number of anilines is 1. The Balaban J connectivity index is 1.79. The Bertz CT molecular complexity index is 469. The highest BCUT2D eigenvalue weighted by molar-refractivity contribution is 7.15. The van der Waals surface area contributed by atoms with Crippen molar-refractivity contribution in [3.8, 4) is 0 Å². The third-order valence-electron chi connectivity index (χ3n) is 3.44. The van der Waals surface area contributed by atoms with Crippen LogP contribution in [0.25, 0.3) is 0 Å². The second kappa shape index (κ2) is 7.33. The standard InChI is InChI=1S/C13H19N3O3S/c17-10(7-4-8-11(18)19)14-13-16-15-12(20-13)9-5-2-1-3-6-9/h9H,1-8H2,(H,18,19)(H,14,16,17). The number of aromatic nitrogens is 2. The van der Waals surface area contributed by atoms with Crippen molar-refractivity contribution in [2.24, 2.45) is 0 Å². The number of nitrogens with zero attached hydrogens (tertiary/aromatic N) is 2. The van der Waals surface area contributed by atoms with E-state index in [1.807, 2.05) is 0 Å². The summed E-state index contributed by atoms with van der Waals surface area (Å²) in [6.07, 6.45) is 6.63. The summed E-state index contributed by atoms with van der Waals surface area (Å²) in [6.45, 7) is 0. The molecule has 0 radical (unpaired) electrons. The van der Waals surface area contributed by atoms with Gasteiger partial charge < -0.3 is 10.4 Å². The molecule has 1 heterocycles. The van der Waals surface area contributed by atoms with Gasteiger partial charge in [-0.15, -0.1) is 10.2 Å². The zero-order valence-electron chi connectivity index (χ0n) is 11.3. The third-order valence-corrected chi connectivity index (χ3v) is 4.44. The molecule has 0 atom stereocenters. The van der Waals surface area contributed by atoms with Crippen molar-refractivity contribution in [2.45, 2.75) is 57.3 Å². The van der Waals surface area contributed by atoms with E-state index in [9.17, 15) is 9.59 Å². The molecule has 1 amide bonds. The first-order chi connectivity index (χ1) is 9.65. The second-order valence-electron chi connectivity index (χ2n) is 5.08. The van der Waals surface area contributed by atoms with E-state index in [1.165, 1.54) is 30.6 Å². The quantitative estimate of drug-likeness (QED) is 0.842. The normalized spacial score (nSPS) is 16.0. The second-order valence-corrected chi connectivity index (χ2v) is 6.08. The summed E-state index contributed by atoms with van der Waals surface area (Å²) in [4.78, 5) is 22.0. The molecule has 1 aliphatic rings. The van der Waals surface area contributed by atoms with Crippen LogP contribution in [0.5, 0.6) is 0 Å². The Kier molecular flexibility index (Phi) is 5.46.